The minimum Gasteiger partial charge on any atom is -0.381 e. The van der Waals surface area contributed by atoms with Crippen LogP contribution in [0.1, 0.15) is 19.8 Å². The van der Waals surface area contributed by atoms with Crippen molar-refractivity contribution in [1.82, 2.24) is 10.6 Å². The highest BCUT2D eigenvalue weighted by Gasteiger charge is 2.28. The second-order valence-corrected chi connectivity index (χ2v) is 4.18. The monoisotopic (exact) mass is 254 g/mol. The molecule has 0 saturated carbocycles. The number of amides is 2. The molecule has 1 saturated heterocycles. The van der Waals surface area contributed by atoms with Crippen LogP contribution in [0.25, 0.3) is 0 Å². The number of carbonyl (C=O) groups is 1. The first-order chi connectivity index (χ1) is 7.88. The molecule has 1 aliphatic rings. The highest BCUT2D eigenvalue weighted by Crippen LogP contribution is 2.18. The fourth-order valence-corrected chi connectivity index (χ4v) is 1.77. The lowest BCUT2D eigenvalue weighted by Crippen LogP contribution is -2.47. The highest BCUT2D eigenvalue weighted by atomic mass is 19.4. The van der Waals surface area contributed by atoms with Gasteiger partial charge in [0.2, 0.25) is 0 Å². The van der Waals surface area contributed by atoms with Crippen LogP contribution in [0.4, 0.5) is 18.0 Å². The summed E-state index contributed by atoms with van der Waals surface area (Å²) in [6.07, 6.45) is -2.74. The molecular weight excluding hydrogens is 237 g/mol. The predicted molar refractivity (Wildman–Crippen MR) is 55.6 cm³/mol. The number of carbonyl (C=O) groups excluding carboxylic acids is 1. The Balaban J connectivity index is 2.25. The SMILES string of the molecule is CC(NC(=O)NCC(F)(F)F)C1CCOCC1. The average Bonchev–Trinajstić information content (AvgIpc) is 2.27. The fourth-order valence-electron chi connectivity index (χ4n) is 1.77. The molecule has 1 fully saturated rings. The molecular formula is C10H17F3N2O2. The quantitative estimate of drug-likeness (QED) is 0.804. The maximum Gasteiger partial charge on any atom is 0.405 e. The number of ether oxygens (including phenoxy) is 1. The van der Waals surface area contributed by atoms with Crippen LogP contribution in [0.5, 0.6) is 0 Å². The number of nitrogens with one attached hydrogen (secondary N) is 2. The molecule has 1 unspecified atom stereocenters. The number of hydrogen-bond donors (Lipinski definition) is 2. The van der Waals surface area contributed by atoms with Crippen LogP contribution >= 0.6 is 0 Å². The van der Waals surface area contributed by atoms with Crippen molar-refractivity contribution in [2.24, 2.45) is 5.92 Å². The van der Waals surface area contributed by atoms with Crippen molar-refractivity contribution in [3.8, 4) is 0 Å². The first-order valence-electron chi connectivity index (χ1n) is 5.57. The number of urea groups is 1. The van der Waals surface area contributed by atoms with Gasteiger partial charge < -0.3 is 15.4 Å². The minimum atomic E-state index is -4.38. The summed E-state index contributed by atoms with van der Waals surface area (Å²) in [7, 11) is 0. The zero-order valence-corrected chi connectivity index (χ0v) is 9.64. The molecule has 2 N–H and O–H groups in total. The van der Waals surface area contributed by atoms with Gasteiger partial charge in [-0.1, -0.05) is 0 Å². The summed E-state index contributed by atoms with van der Waals surface area (Å²) < 4.78 is 40.7. The van der Waals surface area contributed by atoms with Gasteiger partial charge in [-0.15, -0.1) is 0 Å². The first kappa shape index (κ1) is 14.1. The zero-order chi connectivity index (χ0) is 12.9. The van der Waals surface area contributed by atoms with Gasteiger partial charge in [0.05, 0.1) is 0 Å². The molecule has 0 aromatic rings. The van der Waals surface area contributed by atoms with Crippen LogP contribution in [-0.4, -0.2) is 38.0 Å². The zero-order valence-electron chi connectivity index (χ0n) is 9.64. The van der Waals surface area contributed by atoms with Crippen molar-refractivity contribution in [3.05, 3.63) is 0 Å². The summed E-state index contributed by atoms with van der Waals surface area (Å²) >= 11 is 0. The number of halogens is 3. The summed E-state index contributed by atoms with van der Waals surface area (Å²) in [6.45, 7) is 1.77. The smallest absolute Gasteiger partial charge is 0.381 e. The molecule has 0 radical (unpaired) electrons. The van der Waals surface area contributed by atoms with E-state index in [2.05, 4.69) is 5.32 Å². The van der Waals surface area contributed by atoms with Crippen LogP contribution in [0.15, 0.2) is 0 Å². The molecule has 0 aromatic heterocycles. The molecule has 0 aliphatic carbocycles. The standard InChI is InChI=1S/C10H17F3N2O2/c1-7(8-2-4-17-5-3-8)15-9(16)14-6-10(11,12)13/h7-8H,2-6H2,1H3,(H2,14,15,16). The summed E-state index contributed by atoms with van der Waals surface area (Å²) in [6, 6.07) is -0.923. The maximum atomic E-state index is 11.8. The third kappa shape index (κ3) is 5.76. The van der Waals surface area contributed by atoms with E-state index in [4.69, 9.17) is 4.74 Å². The minimum absolute atomic E-state index is 0.146. The Kier molecular flexibility index (Phi) is 5.04. The first-order valence-corrected chi connectivity index (χ1v) is 5.57. The summed E-state index contributed by atoms with van der Waals surface area (Å²) in [5, 5.41) is 4.30. The average molecular weight is 254 g/mol. The lowest BCUT2D eigenvalue weighted by molar-refractivity contribution is -0.122. The van der Waals surface area contributed by atoms with Crippen molar-refractivity contribution in [1.29, 1.82) is 0 Å². The third-order valence-electron chi connectivity index (χ3n) is 2.78. The maximum absolute atomic E-state index is 11.8. The van der Waals surface area contributed by atoms with Crippen LogP contribution in [-0.2, 0) is 4.74 Å². The Morgan fingerprint density at radius 1 is 1.41 bits per heavy atom. The molecule has 1 atom stereocenters. The molecule has 100 valence electrons. The molecule has 0 spiro atoms. The Labute approximate surface area is 97.9 Å². The molecule has 0 bridgehead atoms. The van der Waals surface area contributed by atoms with Gasteiger partial charge in [-0.3, -0.25) is 0 Å². The van der Waals surface area contributed by atoms with Gasteiger partial charge in [0.25, 0.3) is 0 Å². The van der Waals surface area contributed by atoms with Crippen molar-refractivity contribution >= 4 is 6.03 Å². The predicted octanol–water partition coefficient (Wildman–Crippen LogP) is 1.66. The summed E-state index contributed by atoms with van der Waals surface area (Å²) in [4.78, 5) is 11.2. The number of rotatable bonds is 3. The van der Waals surface area contributed by atoms with Crippen LogP contribution in [0, 0.1) is 5.92 Å². The van der Waals surface area contributed by atoms with E-state index in [-0.39, 0.29) is 12.0 Å². The largest absolute Gasteiger partial charge is 0.405 e. The summed E-state index contributed by atoms with van der Waals surface area (Å²) in [5.74, 6) is 0.264. The Bertz CT molecular complexity index is 252. The second-order valence-electron chi connectivity index (χ2n) is 4.18. The molecule has 7 heteroatoms. The Hall–Kier alpha value is -0.980. The van der Waals surface area contributed by atoms with Crippen molar-refractivity contribution < 1.29 is 22.7 Å². The Morgan fingerprint density at radius 2 is 2.00 bits per heavy atom. The van der Waals surface area contributed by atoms with Gasteiger partial charge in [-0.05, 0) is 25.7 Å². The van der Waals surface area contributed by atoms with Gasteiger partial charge in [0, 0.05) is 19.3 Å². The van der Waals surface area contributed by atoms with Crippen molar-refractivity contribution in [2.75, 3.05) is 19.8 Å². The fraction of sp³-hybridized carbons (Fsp3) is 0.900. The molecule has 1 heterocycles. The van der Waals surface area contributed by atoms with Crippen LogP contribution < -0.4 is 10.6 Å². The van der Waals surface area contributed by atoms with Crippen LogP contribution in [0.3, 0.4) is 0 Å². The molecule has 4 nitrogen and oxygen atoms in total. The summed E-state index contributed by atoms with van der Waals surface area (Å²) in [5.41, 5.74) is 0. The van der Waals surface area contributed by atoms with Gasteiger partial charge in [0.15, 0.2) is 0 Å². The topological polar surface area (TPSA) is 50.4 Å². The number of alkyl halides is 3. The molecule has 0 aromatic carbocycles. The van der Waals surface area contributed by atoms with E-state index < -0.39 is 18.8 Å². The van der Waals surface area contributed by atoms with Crippen molar-refractivity contribution in [2.45, 2.75) is 32.0 Å². The molecule has 1 rings (SSSR count). The Morgan fingerprint density at radius 3 is 2.53 bits per heavy atom. The number of hydrogen-bond acceptors (Lipinski definition) is 2. The van der Waals surface area contributed by atoms with E-state index in [1.165, 1.54) is 0 Å². The third-order valence-corrected chi connectivity index (χ3v) is 2.78. The lowest BCUT2D eigenvalue weighted by atomic mass is 9.93. The normalized spacial score (nSPS) is 19.8. The van der Waals surface area contributed by atoms with Gasteiger partial charge in [-0.25, -0.2) is 4.79 Å². The lowest BCUT2D eigenvalue weighted by Gasteiger charge is -2.28. The van der Waals surface area contributed by atoms with E-state index in [1.54, 1.807) is 12.2 Å². The second kappa shape index (κ2) is 6.09. The molecule has 1 aliphatic heterocycles. The van der Waals surface area contributed by atoms with Gasteiger partial charge in [-0.2, -0.15) is 13.2 Å². The van der Waals surface area contributed by atoms with Crippen molar-refractivity contribution in [3.63, 3.8) is 0 Å². The van der Waals surface area contributed by atoms with E-state index in [0.717, 1.165) is 12.8 Å². The molecule has 17 heavy (non-hydrogen) atoms. The van der Waals surface area contributed by atoms with E-state index in [0.29, 0.717) is 13.2 Å². The van der Waals surface area contributed by atoms with Gasteiger partial charge >= 0.3 is 12.2 Å². The van der Waals surface area contributed by atoms with E-state index in [1.807, 2.05) is 0 Å². The highest BCUT2D eigenvalue weighted by molar-refractivity contribution is 5.74. The van der Waals surface area contributed by atoms with Crippen LogP contribution in [0.2, 0.25) is 0 Å². The van der Waals surface area contributed by atoms with Gasteiger partial charge in [0.1, 0.15) is 6.54 Å². The van der Waals surface area contributed by atoms with E-state index in [9.17, 15) is 18.0 Å². The molecule has 2 amide bonds. The van der Waals surface area contributed by atoms with E-state index >= 15 is 0 Å².